The van der Waals surface area contributed by atoms with E-state index in [4.69, 9.17) is 9.84 Å². The minimum Gasteiger partial charge on any atom is -0.480 e. The summed E-state index contributed by atoms with van der Waals surface area (Å²) in [6, 6.07) is 0.526. The van der Waals surface area contributed by atoms with Crippen molar-refractivity contribution in [2.75, 3.05) is 19.7 Å². The lowest BCUT2D eigenvalue weighted by molar-refractivity contribution is -0.144. The Balaban J connectivity index is 2.21. The minimum atomic E-state index is -0.886. The number of hydrogen-bond acceptors (Lipinski definition) is 3. The first-order valence-electron chi connectivity index (χ1n) is 4.67. The first kappa shape index (κ1) is 10.5. The molecule has 4 nitrogen and oxygen atoms in total. The van der Waals surface area contributed by atoms with Crippen molar-refractivity contribution in [1.82, 2.24) is 4.90 Å². The fraction of sp³-hybridized carbons (Fsp3) is 0.889. The van der Waals surface area contributed by atoms with Crippen LogP contribution in [-0.2, 0) is 9.53 Å². The van der Waals surface area contributed by atoms with E-state index in [1.807, 2.05) is 0 Å². The van der Waals surface area contributed by atoms with Crippen LogP contribution >= 0.6 is 0 Å². The van der Waals surface area contributed by atoms with E-state index in [-0.39, 0.29) is 12.7 Å². The molecule has 1 aliphatic heterocycles. The number of carboxylic acids is 1. The Kier molecular flexibility index (Phi) is 3.69. The van der Waals surface area contributed by atoms with Gasteiger partial charge in [0.15, 0.2) is 0 Å². The molecule has 0 aromatic heterocycles. The Morgan fingerprint density at radius 1 is 1.69 bits per heavy atom. The smallest absolute Gasteiger partial charge is 0.329 e. The lowest BCUT2D eigenvalue weighted by Gasteiger charge is -2.19. The highest BCUT2D eigenvalue weighted by Gasteiger charge is 2.24. The first-order chi connectivity index (χ1) is 6.09. The van der Waals surface area contributed by atoms with Crippen molar-refractivity contribution in [2.24, 2.45) is 0 Å². The Morgan fingerprint density at radius 2 is 2.38 bits per heavy atom. The molecule has 0 aromatic carbocycles. The van der Waals surface area contributed by atoms with Crippen LogP contribution in [0, 0.1) is 0 Å². The summed E-state index contributed by atoms with van der Waals surface area (Å²) in [5.41, 5.74) is 0. The zero-order chi connectivity index (χ0) is 9.84. The number of carbonyl (C=O) groups is 1. The number of likely N-dealkylation sites (tertiary alicyclic amines) is 1. The van der Waals surface area contributed by atoms with E-state index < -0.39 is 5.97 Å². The summed E-state index contributed by atoms with van der Waals surface area (Å²) in [6.07, 6.45) is 1.06. The predicted molar refractivity (Wildman–Crippen MR) is 48.7 cm³/mol. The summed E-state index contributed by atoms with van der Waals surface area (Å²) < 4.78 is 5.20. The third-order valence-corrected chi connectivity index (χ3v) is 2.35. The second kappa shape index (κ2) is 4.58. The van der Waals surface area contributed by atoms with Gasteiger partial charge in [-0.1, -0.05) is 0 Å². The molecular weight excluding hydrogens is 170 g/mol. The second-order valence-electron chi connectivity index (χ2n) is 3.70. The molecule has 1 atom stereocenters. The average molecular weight is 187 g/mol. The van der Waals surface area contributed by atoms with Gasteiger partial charge in [-0.25, -0.2) is 4.79 Å². The van der Waals surface area contributed by atoms with Gasteiger partial charge in [0.2, 0.25) is 0 Å². The van der Waals surface area contributed by atoms with Gasteiger partial charge in [0.05, 0.1) is 6.10 Å². The van der Waals surface area contributed by atoms with Crippen molar-refractivity contribution >= 4 is 5.97 Å². The van der Waals surface area contributed by atoms with Crippen molar-refractivity contribution < 1.29 is 14.6 Å². The van der Waals surface area contributed by atoms with E-state index in [1.165, 1.54) is 0 Å². The molecule has 76 valence electrons. The van der Waals surface area contributed by atoms with Crippen LogP contribution in [0.5, 0.6) is 0 Å². The molecule has 1 heterocycles. The number of aliphatic carboxylic acids is 1. The quantitative estimate of drug-likeness (QED) is 0.699. The molecule has 1 saturated heterocycles. The summed E-state index contributed by atoms with van der Waals surface area (Å²) in [7, 11) is 0. The lowest BCUT2D eigenvalue weighted by Crippen LogP contribution is -2.30. The third-order valence-electron chi connectivity index (χ3n) is 2.35. The standard InChI is InChI=1S/C9H17NO3/c1-7(2)10-4-3-8(5-10)13-6-9(11)12/h7-8H,3-6H2,1-2H3,(H,11,12)/t8-/m0/s1. The Bertz CT molecular complexity index is 182. The molecule has 0 aromatic rings. The normalized spacial score (nSPS) is 24.1. The van der Waals surface area contributed by atoms with E-state index in [0.29, 0.717) is 6.04 Å². The van der Waals surface area contributed by atoms with Crippen LogP contribution in [0.15, 0.2) is 0 Å². The zero-order valence-corrected chi connectivity index (χ0v) is 8.19. The molecular formula is C9H17NO3. The van der Waals surface area contributed by atoms with Crippen LogP contribution in [0.3, 0.4) is 0 Å². The molecule has 0 spiro atoms. The van der Waals surface area contributed by atoms with Gasteiger partial charge in [-0.2, -0.15) is 0 Å². The third kappa shape index (κ3) is 3.32. The zero-order valence-electron chi connectivity index (χ0n) is 8.19. The highest BCUT2D eigenvalue weighted by molar-refractivity contribution is 5.68. The largest absolute Gasteiger partial charge is 0.480 e. The van der Waals surface area contributed by atoms with Crippen molar-refractivity contribution in [3.05, 3.63) is 0 Å². The molecule has 0 saturated carbocycles. The summed E-state index contributed by atoms with van der Waals surface area (Å²) in [5.74, 6) is -0.886. The van der Waals surface area contributed by atoms with Gasteiger partial charge in [-0.3, -0.25) is 4.90 Å². The Hall–Kier alpha value is -0.610. The van der Waals surface area contributed by atoms with Crippen LogP contribution in [0.25, 0.3) is 0 Å². The van der Waals surface area contributed by atoms with Crippen molar-refractivity contribution in [3.8, 4) is 0 Å². The summed E-state index contributed by atoms with van der Waals surface area (Å²) in [4.78, 5) is 12.5. The molecule has 4 heteroatoms. The molecule has 1 aliphatic rings. The highest BCUT2D eigenvalue weighted by Crippen LogP contribution is 2.14. The fourth-order valence-electron chi connectivity index (χ4n) is 1.55. The first-order valence-corrected chi connectivity index (χ1v) is 4.67. The molecule has 0 bridgehead atoms. The molecule has 1 fully saturated rings. The maximum atomic E-state index is 10.2. The van der Waals surface area contributed by atoms with E-state index in [0.717, 1.165) is 19.5 Å². The number of rotatable bonds is 4. The summed E-state index contributed by atoms with van der Waals surface area (Å²) in [5, 5.41) is 8.41. The maximum Gasteiger partial charge on any atom is 0.329 e. The molecule has 0 unspecified atom stereocenters. The number of nitrogens with zero attached hydrogens (tertiary/aromatic N) is 1. The van der Waals surface area contributed by atoms with Crippen molar-refractivity contribution in [2.45, 2.75) is 32.4 Å². The number of ether oxygens (including phenoxy) is 1. The Morgan fingerprint density at radius 3 is 2.85 bits per heavy atom. The molecule has 1 N–H and O–H groups in total. The number of hydrogen-bond donors (Lipinski definition) is 1. The molecule has 0 aliphatic carbocycles. The lowest BCUT2D eigenvalue weighted by atomic mass is 10.3. The van der Waals surface area contributed by atoms with Crippen LogP contribution in [0.4, 0.5) is 0 Å². The van der Waals surface area contributed by atoms with Crippen LogP contribution in [0.2, 0.25) is 0 Å². The van der Waals surface area contributed by atoms with Gasteiger partial charge in [0, 0.05) is 19.1 Å². The van der Waals surface area contributed by atoms with Crippen LogP contribution in [0.1, 0.15) is 20.3 Å². The SMILES string of the molecule is CC(C)N1CC[C@H](OCC(=O)O)C1. The molecule has 13 heavy (non-hydrogen) atoms. The van der Waals surface area contributed by atoms with E-state index in [2.05, 4.69) is 18.7 Å². The maximum absolute atomic E-state index is 10.2. The van der Waals surface area contributed by atoms with E-state index >= 15 is 0 Å². The Labute approximate surface area is 78.5 Å². The monoisotopic (exact) mass is 187 g/mol. The molecule has 0 radical (unpaired) electrons. The van der Waals surface area contributed by atoms with Gasteiger partial charge < -0.3 is 9.84 Å². The van der Waals surface area contributed by atoms with Gasteiger partial charge >= 0.3 is 5.97 Å². The molecule has 0 amide bonds. The van der Waals surface area contributed by atoms with Gasteiger partial charge in [-0.05, 0) is 20.3 Å². The topological polar surface area (TPSA) is 49.8 Å². The van der Waals surface area contributed by atoms with E-state index in [1.54, 1.807) is 0 Å². The van der Waals surface area contributed by atoms with Crippen molar-refractivity contribution in [3.63, 3.8) is 0 Å². The number of carboxylic acid groups (broad SMARTS) is 1. The van der Waals surface area contributed by atoms with Gasteiger partial charge in [0.1, 0.15) is 6.61 Å². The minimum absolute atomic E-state index is 0.110. The van der Waals surface area contributed by atoms with Crippen LogP contribution < -0.4 is 0 Å². The second-order valence-corrected chi connectivity index (χ2v) is 3.70. The summed E-state index contributed by atoms with van der Waals surface area (Å²) >= 11 is 0. The molecule has 1 rings (SSSR count). The predicted octanol–water partition coefficient (Wildman–Crippen LogP) is 0.570. The summed E-state index contributed by atoms with van der Waals surface area (Å²) in [6.45, 7) is 5.99. The van der Waals surface area contributed by atoms with E-state index in [9.17, 15) is 4.79 Å². The highest BCUT2D eigenvalue weighted by atomic mass is 16.5. The fourth-order valence-corrected chi connectivity index (χ4v) is 1.55. The average Bonchev–Trinajstić information content (AvgIpc) is 2.48. The van der Waals surface area contributed by atoms with Gasteiger partial charge in [0.25, 0.3) is 0 Å². The van der Waals surface area contributed by atoms with Crippen LogP contribution in [-0.4, -0.2) is 47.8 Å². The van der Waals surface area contributed by atoms with Gasteiger partial charge in [-0.15, -0.1) is 0 Å². The van der Waals surface area contributed by atoms with Crippen molar-refractivity contribution in [1.29, 1.82) is 0 Å².